The molecule has 0 heterocycles. The van der Waals surface area contributed by atoms with Gasteiger partial charge in [-0.2, -0.15) is 0 Å². The van der Waals surface area contributed by atoms with Gasteiger partial charge in [0.15, 0.2) is 0 Å². The second-order valence-electron chi connectivity index (χ2n) is 3.62. The molecule has 5 heteroatoms. The van der Waals surface area contributed by atoms with Gasteiger partial charge in [-0.1, -0.05) is 0 Å². The average Bonchev–Trinajstić information content (AvgIpc) is 2.22. The maximum absolute atomic E-state index is 12.9. The molecule has 0 spiro atoms. The first-order chi connectivity index (χ1) is 7.54. The van der Waals surface area contributed by atoms with E-state index in [0.717, 1.165) is 6.07 Å². The van der Waals surface area contributed by atoms with E-state index in [-0.39, 0.29) is 24.2 Å². The van der Waals surface area contributed by atoms with E-state index < -0.39 is 5.82 Å². The Kier molecular flexibility index (Phi) is 4.25. The highest BCUT2D eigenvalue weighted by Gasteiger charge is 2.10. The van der Waals surface area contributed by atoms with Crippen LogP contribution in [0.25, 0.3) is 0 Å². The summed E-state index contributed by atoms with van der Waals surface area (Å²) >= 11 is 0. The Bertz CT molecular complexity index is 382. The van der Waals surface area contributed by atoms with Crippen molar-refractivity contribution < 1.29 is 14.3 Å². The molecule has 4 N–H and O–H groups in total. The predicted octanol–water partition coefficient (Wildman–Crippen LogP) is 0.909. The van der Waals surface area contributed by atoms with Crippen molar-refractivity contribution in [3.63, 3.8) is 0 Å². The van der Waals surface area contributed by atoms with Crippen molar-refractivity contribution in [2.24, 2.45) is 0 Å². The molecule has 0 saturated heterocycles. The zero-order valence-electron chi connectivity index (χ0n) is 9.03. The fraction of sp³-hybridized carbons (Fsp3) is 0.364. The molecule has 0 bridgehead atoms. The van der Waals surface area contributed by atoms with Crippen LogP contribution in [0, 0.1) is 5.82 Å². The molecule has 0 aliphatic carbocycles. The molecular weight excluding hydrogens is 211 g/mol. The number of aliphatic hydroxyl groups excluding tert-OH is 1. The van der Waals surface area contributed by atoms with Crippen LogP contribution in [-0.4, -0.2) is 23.7 Å². The summed E-state index contributed by atoms with van der Waals surface area (Å²) in [5.74, 6) is -0.868. The van der Waals surface area contributed by atoms with Crippen molar-refractivity contribution >= 4 is 11.6 Å². The lowest BCUT2D eigenvalue weighted by atomic mass is 10.1. The van der Waals surface area contributed by atoms with Crippen molar-refractivity contribution in [3.8, 4) is 0 Å². The Morgan fingerprint density at radius 2 is 2.31 bits per heavy atom. The molecule has 1 aromatic rings. The number of amides is 1. The average molecular weight is 226 g/mol. The van der Waals surface area contributed by atoms with E-state index in [2.05, 4.69) is 5.32 Å². The van der Waals surface area contributed by atoms with E-state index in [4.69, 9.17) is 10.8 Å². The molecule has 1 amide bonds. The van der Waals surface area contributed by atoms with Crippen LogP contribution in [-0.2, 0) is 0 Å². The number of carbonyl (C=O) groups is 1. The summed E-state index contributed by atoms with van der Waals surface area (Å²) in [4.78, 5) is 11.6. The van der Waals surface area contributed by atoms with Crippen LogP contribution in [0.1, 0.15) is 23.7 Å². The normalized spacial score (nSPS) is 12.2. The van der Waals surface area contributed by atoms with E-state index in [1.54, 1.807) is 6.92 Å². The number of nitrogens with one attached hydrogen (secondary N) is 1. The Balaban J connectivity index is 2.69. The minimum Gasteiger partial charge on any atom is -0.396 e. The van der Waals surface area contributed by atoms with Crippen molar-refractivity contribution in [1.82, 2.24) is 5.32 Å². The van der Waals surface area contributed by atoms with Gasteiger partial charge in [0.05, 0.1) is 5.69 Å². The van der Waals surface area contributed by atoms with Crippen molar-refractivity contribution in [1.29, 1.82) is 0 Å². The summed E-state index contributed by atoms with van der Waals surface area (Å²) in [5.41, 5.74) is 5.61. The molecule has 1 atom stereocenters. The predicted molar refractivity (Wildman–Crippen MR) is 59.4 cm³/mol. The fourth-order valence-electron chi connectivity index (χ4n) is 1.26. The highest BCUT2D eigenvalue weighted by atomic mass is 19.1. The number of anilines is 1. The Hall–Kier alpha value is -1.62. The quantitative estimate of drug-likeness (QED) is 0.668. The summed E-state index contributed by atoms with van der Waals surface area (Å²) in [6.45, 7) is 1.79. The second kappa shape index (κ2) is 5.46. The van der Waals surface area contributed by atoms with Crippen LogP contribution < -0.4 is 11.1 Å². The van der Waals surface area contributed by atoms with Crippen LogP contribution in [0.5, 0.6) is 0 Å². The third-order valence-corrected chi connectivity index (χ3v) is 2.20. The molecule has 0 aromatic heterocycles. The van der Waals surface area contributed by atoms with Crippen LogP contribution in [0.2, 0.25) is 0 Å². The SMILES string of the molecule is CC(CCO)NC(=O)c1ccc(F)c(N)c1. The van der Waals surface area contributed by atoms with Crippen molar-refractivity contribution in [2.45, 2.75) is 19.4 Å². The first kappa shape index (κ1) is 12.4. The molecule has 16 heavy (non-hydrogen) atoms. The van der Waals surface area contributed by atoms with E-state index in [1.165, 1.54) is 12.1 Å². The highest BCUT2D eigenvalue weighted by molar-refractivity contribution is 5.95. The first-order valence-electron chi connectivity index (χ1n) is 5.01. The van der Waals surface area contributed by atoms with E-state index >= 15 is 0 Å². The molecule has 1 aromatic carbocycles. The Morgan fingerprint density at radius 1 is 1.62 bits per heavy atom. The molecule has 88 valence electrons. The standard InChI is InChI=1S/C11H15FN2O2/c1-7(4-5-15)14-11(16)8-2-3-9(12)10(13)6-8/h2-3,6-7,15H,4-5,13H2,1H3,(H,14,16). The maximum atomic E-state index is 12.9. The van der Waals surface area contributed by atoms with Gasteiger partial charge in [0.25, 0.3) is 5.91 Å². The lowest BCUT2D eigenvalue weighted by Crippen LogP contribution is -2.33. The molecule has 4 nitrogen and oxygen atoms in total. The second-order valence-corrected chi connectivity index (χ2v) is 3.62. The van der Waals surface area contributed by atoms with Crippen LogP contribution in [0.3, 0.4) is 0 Å². The number of carbonyl (C=O) groups excluding carboxylic acids is 1. The molecule has 1 unspecified atom stereocenters. The van der Waals surface area contributed by atoms with Gasteiger partial charge in [0, 0.05) is 18.2 Å². The summed E-state index contributed by atoms with van der Waals surface area (Å²) in [6.07, 6.45) is 0.475. The van der Waals surface area contributed by atoms with Gasteiger partial charge in [-0.3, -0.25) is 4.79 Å². The number of nitrogens with two attached hydrogens (primary N) is 1. The summed E-state index contributed by atoms with van der Waals surface area (Å²) in [6, 6.07) is 3.67. The number of halogens is 1. The Morgan fingerprint density at radius 3 is 2.88 bits per heavy atom. The molecule has 0 radical (unpaired) electrons. The third kappa shape index (κ3) is 3.20. The summed E-state index contributed by atoms with van der Waals surface area (Å²) in [5, 5.41) is 11.3. The Labute approximate surface area is 93.3 Å². The first-order valence-corrected chi connectivity index (χ1v) is 5.01. The molecule has 0 saturated carbocycles. The van der Waals surface area contributed by atoms with Crippen molar-refractivity contribution in [2.75, 3.05) is 12.3 Å². The number of benzene rings is 1. The van der Waals surface area contributed by atoms with Crippen molar-refractivity contribution in [3.05, 3.63) is 29.6 Å². The minimum absolute atomic E-state index is 0.00695. The van der Waals surface area contributed by atoms with Crippen LogP contribution in [0.15, 0.2) is 18.2 Å². The van der Waals surface area contributed by atoms with Gasteiger partial charge in [0.1, 0.15) is 5.82 Å². The smallest absolute Gasteiger partial charge is 0.251 e. The number of rotatable bonds is 4. The van der Waals surface area contributed by atoms with Gasteiger partial charge < -0.3 is 16.2 Å². The minimum atomic E-state index is -0.542. The van der Waals surface area contributed by atoms with E-state index in [9.17, 15) is 9.18 Å². The lowest BCUT2D eigenvalue weighted by Gasteiger charge is -2.12. The number of aliphatic hydroxyl groups is 1. The zero-order valence-corrected chi connectivity index (χ0v) is 9.03. The van der Waals surface area contributed by atoms with E-state index in [0.29, 0.717) is 12.0 Å². The molecule has 0 aliphatic rings. The van der Waals surface area contributed by atoms with Gasteiger partial charge in [-0.05, 0) is 31.5 Å². The molecular formula is C11H15FN2O2. The number of hydrogen-bond acceptors (Lipinski definition) is 3. The number of hydrogen-bond donors (Lipinski definition) is 3. The van der Waals surface area contributed by atoms with Crippen LogP contribution >= 0.6 is 0 Å². The lowest BCUT2D eigenvalue weighted by molar-refractivity contribution is 0.0934. The largest absolute Gasteiger partial charge is 0.396 e. The monoisotopic (exact) mass is 226 g/mol. The van der Waals surface area contributed by atoms with Gasteiger partial charge in [-0.15, -0.1) is 0 Å². The molecule has 0 fully saturated rings. The highest BCUT2D eigenvalue weighted by Crippen LogP contribution is 2.12. The fourth-order valence-corrected chi connectivity index (χ4v) is 1.26. The molecule has 1 rings (SSSR count). The third-order valence-electron chi connectivity index (χ3n) is 2.20. The maximum Gasteiger partial charge on any atom is 0.251 e. The van der Waals surface area contributed by atoms with Gasteiger partial charge in [0.2, 0.25) is 0 Å². The molecule has 0 aliphatic heterocycles. The topological polar surface area (TPSA) is 75.3 Å². The van der Waals surface area contributed by atoms with Crippen LogP contribution in [0.4, 0.5) is 10.1 Å². The summed E-state index contributed by atoms with van der Waals surface area (Å²) in [7, 11) is 0. The number of nitrogen functional groups attached to an aromatic ring is 1. The van der Waals surface area contributed by atoms with Gasteiger partial charge in [-0.25, -0.2) is 4.39 Å². The zero-order chi connectivity index (χ0) is 12.1. The van der Waals surface area contributed by atoms with E-state index in [1.807, 2.05) is 0 Å². The van der Waals surface area contributed by atoms with Gasteiger partial charge >= 0.3 is 0 Å². The summed E-state index contributed by atoms with van der Waals surface area (Å²) < 4.78 is 12.9.